The van der Waals surface area contributed by atoms with E-state index in [-0.39, 0.29) is 0 Å². The molecule has 1 N–H and O–H groups in total. The van der Waals surface area contributed by atoms with Gasteiger partial charge < -0.3 is 5.32 Å². The number of fused-ring (bicyclic) bond motifs is 1. The first kappa shape index (κ1) is 14.5. The summed E-state index contributed by atoms with van der Waals surface area (Å²) in [6.07, 6.45) is 1.13. The quantitative estimate of drug-likeness (QED) is 0.824. The van der Waals surface area contributed by atoms with Gasteiger partial charge in [0.05, 0.1) is 0 Å². The summed E-state index contributed by atoms with van der Waals surface area (Å²) in [4.78, 5) is 1.52. The third-order valence-corrected chi connectivity index (χ3v) is 4.88. The summed E-state index contributed by atoms with van der Waals surface area (Å²) < 4.78 is 1.48. The Morgan fingerprint density at radius 1 is 1.21 bits per heavy atom. The molecule has 1 heterocycles. The van der Waals surface area contributed by atoms with E-state index in [1.165, 1.54) is 26.1 Å². The molecule has 1 aromatic carbocycles. The average Bonchev–Trinajstić information content (AvgIpc) is 2.66. The van der Waals surface area contributed by atoms with E-state index in [2.05, 4.69) is 52.1 Å². The second-order valence-corrected chi connectivity index (χ2v) is 6.95. The molecule has 0 bridgehead atoms. The van der Waals surface area contributed by atoms with Gasteiger partial charge in [-0.05, 0) is 49.2 Å². The summed E-state index contributed by atoms with van der Waals surface area (Å²) in [6, 6.07) is 4.65. The second kappa shape index (κ2) is 6.06. The van der Waals surface area contributed by atoms with Gasteiger partial charge in [0.25, 0.3) is 0 Å². The molecule has 0 aliphatic heterocycles. The highest BCUT2D eigenvalue weighted by molar-refractivity contribution is 7.19. The molecule has 2 heteroatoms. The molecule has 0 spiro atoms. The summed E-state index contributed by atoms with van der Waals surface area (Å²) in [6.45, 7) is 13.3. The summed E-state index contributed by atoms with van der Waals surface area (Å²) in [7, 11) is 0. The average molecular weight is 275 g/mol. The van der Waals surface area contributed by atoms with E-state index >= 15 is 0 Å². The van der Waals surface area contributed by atoms with E-state index in [1.807, 2.05) is 11.3 Å². The monoisotopic (exact) mass is 275 g/mol. The van der Waals surface area contributed by atoms with Crippen molar-refractivity contribution in [2.45, 2.75) is 47.6 Å². The van der Waals surface area contributed by atoms with Gasteiger partial charge in [0.2, 0.25) is 0 Å². The molecule has 0 aliphatic rings. The largest absolute Gasteiger partial charge is 0.312 e. The van der Waals surface area contributed by atoms with E-state index in [4.69, 9.17) is 0 Å². The molecule has 19 heavy (non-hydrogen) atoms. The maximum absolute atomic E-state index is 3.58. The van der Waals surface area contributed by atoms with E-state index in [0.717, 1.165) is 19.5 Å². The summed E-state index contributed by atoms with van der Waals surface area (Å²) in [5.74, 6) is 0.712. The standard InChI is InChI=1S/C17H25NS/c1-6-14-15-8-12(4)7-13(5)17(15)19-16(14)10-18-9-11(2)3/h7-8,11,18H,6,9-10H2,1-5H3. The molecule has 0 saturated carbocycles. The van der Waals surface area contributed by atoms with Crippen LogP contribution in [0.3, 0.4) is 0 Å². The maximum atomic E-state index is 3.58. The van der Waals surface area contributed by atoms with Crippen LogP contribution in [0.1, 0.15) is 42.3 Å². The van der Waals surface area contributed by atoms with Gasteiger partial charge in [-0.15, -0.1) is 11.3 Å². The predicted octanol–water partition coefficient (Wildman–Crippen LogP) is 4.83. The Balaban J connectivity index is 2.36. The smallest absolute Gasteiger partial charge is 0.0378 e. The van der Waals surface area contributed by atoms with Crippen molar-refractivity contribution in [2.24, 2.45) is 5.92 Å². The van der Waals surface area contributed by atoms with Crippen LogP contribution in [0.25, 0.3) is 10.1 Å². The second-order valence-electron chi connectivity index (χ2n) is 5.84. The van der Waals surface area contributed by atoms with Gasteiger partial charge >= 0.3 is 0 Å². The molecule has 0 aliphatic carbocycles. The fourth-order valence-electron chi connectivity index (χ4n) is 2.65. The van der Waals surface area contributed by atoms with Crippen LogP contribution in [0.5, 0.6) is 0 Å². The van der Waals surface area contributed by atoms with E-state index in [0.29, 0.717) is 5.92 Å². The highest BCUT2D eigenvalue weighted by Crippen LogP contribution is 2.34. The van der Waals surface area contributed by atoms with Gasteiger partial charge in [-0.25, -0.2) is 0 Å². The third-order valence-electron chi connectivity index (χ3n) is 3.50. The third kappa shape index (κ3) is 3.18. The first-order chi connectivity index (χ1) is 9.02. The molecule has 1 aromatic heterocycles. The molecule has 2 aromatic rings. The molecular formula is C17H25NS. The number of benzene rings is 1. The summed E-state index contributed by atoms with van der Waals surface area (Å²) in [5, 5.41) is 5.06. The number of hydrogen-bond acceptors (Lipinski definition) is 2. The van der Waals surface area contributed by atoms with Crippen molar-refractivity contribution < 1.29 is 0 Å². The predicted molar refractivity (Wildman–Crippen MR) is 87.2 cm³/mol. The number of rotatable bonds is 5. The lowest BCUT2D eigenvalue weighted by molar-refractivity contribution is 0.554. The van der Waals surface area contributed by atoms with Crippen LogP contribution >= 0.6 is 11.3 Å². The number of thiophene rings is 1. The first-order valence-corrected chi connectivity index (χ1v) is 8.06. The fraction of sp³-hybridized carbons (Fsp3) is 0.529. The van der Waals surface area contributed by atoms with Gasteiger partial charge in [-0.3, -0.25) is 0 Å². The Hall–Kier alpha value is -0.860. The Bertz CT molecular complexity index is 566. The molecule has 0 amide bonds. The fourth-order valence-corrected chi connectivity index (χ4v) is 3.96. The van der Waals surface area contributed by atoms with Crippen molar-refractivity contribution in [1.29, 1.82) is 0 Å². The van der Waals surface area contributed by atoms with Crippen LogP contribution in [0.4, 0.5) is 0 Å². The van der Waals surface area contributed by atoms with Crippen LogP contribution in [0, 0.1) is 19.8 Å². The molecule has 2 rings (SSSR count). The van der Waals surface area contributed by atoms with Crippen molar-refractivity contribution in [2.75, 3.05) is 6.54 Å². The zero-order chi connectivity index (χ0) is 14.0. The van der Waals surface area contributed by atoms with Crippen molar-refractivity contribution >= 4 is 21.4 Å². The van der Waals surface area contributed by atoms with Crippen LogP contribution in [-0.2, 0) is 13.0 Å². The highest BCUT2D eigenvalue weighted by atomic mass is 32.1. The lowest BCUT2D eigenvalue weighted by Gasteiger charge is -2.07. The zero-order valence-corrected chi connectivity index (χ0v) is 13.6. The number of aryl methyl sites for hydroxylation is 3. The van der Waals surface area contributed by atoms with Gasteiger partial charge in [0, 0.05) is 16.1 Å². The number of hydrogen-bond donors (Lipinski definition) is 1. The van der Waals surface area contributed by atoms with Crippen LogP contribution in [0.15, 0.2) is 12.1 Å². The normalized spacial score (nSPS) is 11.7. The minimum atomic E-state index is 0.712. The SMILES string of the molecule is CCc1c(CNCC(C)C)sc2c(C)cc(C)cc12. The maximum Gasteiger partial charge on any atom is 0.0378 e. The van der Waals surface area contributed by atoms with Gasteiger partial charge in [0.1, 0.15) is 0 Å². The van der Waals surface area contributed by atoms with Crippen molar-refractivity contribution in [1.82, 2.24) is 5.32 Å². The molecule has 0 atom stereocenters. The van der Waals surface area contributed by atoms with Gasteiger partial charge in [-0.2, -0.15) is 0 Å². The molecule has 104 valence electrons. The Morgan fingerprint density at radius 3 is 2.58 bits per heavy atom. The molecule has 0 saturated heterocycles. The number of nitrogens with one attached hydrogen (secondary N) is 1. The van der Waals surface area contributed by atoms with Crippen molar-refractivity contribution in [3.8, 4) is 0 Å². The Morgan fingerprint density at radius 2 is 1.95 bits per heavy atom. The van der Waals surface area contributed by atoms with Gasteiger partial charge in [-0.1, -0.05) is 38.5 Å². The van der Waals surface area contributed by atoms with E-state index in [1.54, 1.807) is 5.56 Å². The molecule has 0 fully saturated rings. The topological polar surface area (TPSA) is 12.0 Å². The molecular weight excluding hydrogens is 250 g/mol. The van der Waals surface area contributed by atoms with E-state index < -0.39 is 0 Å². The van der Waals surface area contributed by atoms with Gasteiger partial charge in [0.15, 0.2) is 0 Å². The molecule has 0 radical (unpaired) electrons. The molecule has 0 unspecified atom stereocenters. The first-order valence-electron chi connectivity index (χ1n) is 7.25. The summed E-state index contributed by atoms with van der Waals surface area (Å²) in [5.41, 5.74) is 4.34. The van der Waals surface area contributed by atoms with Crippen LogP contribution in [-0.4, -0.2) is 6.54 Å². The minimum absolute atomic E-state index is 0.712. The van der Waals surface area contributed by atoms with Crippen molar-refractivity contribution in [3.63, 3.8) is 0 Å². The summed E-state index contributed by atoms with van der Waals surface area (Å²) >= 11 is 1.97. The Labute approximate surface area is 121 Å². The van der Waals surface area contributed by atoms with Crippen molar-refractivity contribution in [3.05, 3.63) is 33.7 Å². The molecule has 1 nitrogen and oxygen atoms in total. The van der Waals surface area contributed by atoms with Crippen LogP contribution in [0.2, 0.25) is 0 Å². The zero-order valence-electron chi connectivity index (χ0n) is 12.8. The lowest BCUT2D eigenvalue weighted by atomic mass is 10.0. The van der Waals surface area contributed by atoms with Crippen LogP contribution < -0.4 is 5.32 Å². The Kier molecular flexibility index (Phi) is 4.64. The lowest BCUT2D eigenvalue weighted by Crippen LogP contribution is -2.18. The highest BCUT2D eigenvalue weighted by Gasteiger charge is 2.12. The minimum Gasteiger partial charge on any atom is -0.312 e. The van der Waals surface area contributed by atoms with E-state index in [9.17, 15) is 0 Å².